The number of benzene rings is 2. The number of hydrogen-bond donors (Lipinski definition) is 1. The summed E-state index contributed by atoms with van der Waals surface area (Å²) in [7, 11) is 1.32. The van der Waals surface area contributed by atoms with Crippen LogP contribution >= 0.6 is 11.6 Å². The van der Waals surface area contributed by atoms with Crippen LogP contribution in [-0.4, -0.2) is 58.4 Å². The van der Waals surface area contributed by atoms with E-state index in [1.807, 2.05) is 23.2 Å². The average molecular weight is 524 g/mol. The molecule has 0 atom stereocenters. The Morgan fingerprint density at radius 1 is 1.03 bits per heavy atom. The normalized spacial score (nSPS) is 16.9. The summed E-state index contributed by atoms with van der Waals surface area (Å²) in [6, 6.07) is 13.2. The molecule has 3 heterocycles. The molecule has 2 aliphatic heterocycles. The lowest BCUT2D eigenvalue weighted by Crippen LogP contribution is -2.45. The van der Waals surface area contributed by atoms with Crippen molar-refractivity contribution in [2.75, 3.05) is 26.7 Å². The molecule has 1 saturated heterocycles. The van der Waals surface area contributed by atoms with Gasteiger partial charge in [-0.15, -0.1) is 0 Å². The molecule has 0 bridgehead atoms. The summed E-state index contributed by atoms with van der Waals surface area (Å²) >= 11 is 6.13. The molecule has 5 rings (SSSR count). The highest BCUT2D eigenvalue weighted by molar-refractivity contribution is 6.30. The number of nitrogens with zero attached hydrogens (tertiary/aromatic N) is 4. The summed E-state index contributed by atoms with van der Waals surface area (Å²) in [5, 5.41) is 7.23. The summed E-state index contributed by atoms with van der Waals surface area (Å²) < 4.78 is 20.3. The molecule has 0 spiro atoms. The van der Waals surface area contributed by atoms with E-state index in [2.05, 4.69) is 5.43 Å². The fourth-order valence-corrected chi connectivity index (χ4v) is 4.87. The number of piperidine rings is 1. The molecule has 1 aromatic heterocycles. The fraction of sp³-hybridized carbons (Fsp3) is 0.296. The predicted molar refractivity (Wildman–Crippen MR) is 139 cm³/mol. The zero-order valence-electron chi connectivity index (χ0n) is 20.4. The topological polar surface area (TPSA) is 79.7 Å². The maximum atomic E-state index is 13.6. The van der Waals surface area contributed by atoms with Crippen LogP contribution in [0, 0.1) is 5.82 Å². The van der Waals surface area contributed by atoms with Crippen LogP contribution in [-0.2, 0) is 11.3 Å². The molecule has 0 radical (unpaired) electrons. The van der Waals surface area contributed by atoms with Gasteiger partial charge in [0.1, 0.15) is 5.82 Å². The van der Waals surface area contributed by atoms with Crippen molar-refractivity contribution in [2.45, 2.75) is 25.8 Å². The number of nitrogens with one attached hydrogen (secondary N) is 1. The van der Waals surface area contributed by atoms with Crippen LogP contribution in [0.4, 0.5) is 9.18 Å². The number of halogens is 2. The third kappa shape index (κ3) is 5.38. The van der Waals surface area contributed by atoms with Gasteiger partial charge in [0, 0.05) is 23.7 Å². The van der Waals surface area contributed by atoms with Gasteiger partial charge in [0.25, 0.3) is 5.91 Å². The molecular weight excluding hydrogens is 497 g/mol. The van der Waals surface area contributed by atoms with E-state index in [0.717, 1.165) is 43.5 Å². The molecule has 8 nitrogen and oxygen atoms in total. The molecule has 192 valence electrons. The van der Waals surface area contributed by atoms with Gasteiger partial charge in [0.2, 0.25) is 0 Å². The zero-order valence-corrected chi connectivity index (χ0v) is 21.2. The van der Waals surface area contributed by atoms with E-state index >= 15 is 0 Å². The molecule has 2 aliphatic rings. The lowest BCUT2D eigenvalue weighted by Gasteiger charge is -2.29. The lowest BCUT2D eigenvalue weighted by atomic mass is 9.97. The number of rotatable bonds is 4. The summed E-state index contributed by atoms with van der Waals surface area (Å²) in [5.74, 6) is -0.677. The second-order valence-electron chi connectivity index (χ2n) is 9.10. The zero-order chi connectivity index (χ0) is 25.9. The van der Waals surface area contributed by atoms with E-state index < -0.39 is 6.09 Å². The molecule has 2 aromatic carbocycles. The maximum absolute atomic E-state index is 13.6. The summed E-state index contributed by atoms with van der Waals surface area (Å²) in [6.45, 7) is 1.92. The van der Waals surface area contributed by atoms with Crippen LogP contribution in [0.5, 0.6) is 0 Å². The predicted octanol–water partition coefficient (Wildman–Crippen LogP) is 4.92. The van der Waals surface area contributed by atoms with Crippen molar-refractivity contribution < 1.29 is 18.7 Å². The van der Waals surface area contributed by atoms with Gasteiger partial charge in [0.05, 0.1) is 31.6 Å². The van der Waals surface area contributed by atoms with Crippen molar-refractivity contribution in [3.8, 4) is 5.69 Å². The summed E-state index contributed by atoms with van der Waals surface area (Å²) in [5.41, 5.74) is 6.73. The Bertz CT molecular complexity index is 1330. The van der Waals surface area contributed by atoms with Crippen LogP contribution in [0.3, 0.4) is 0 Å². The van der Waals surface area contributed by atoms with Gasteiger partial charge < -0.3 is 4.74 Å². The number of amides is 2. The first-order valence-electron chi connectivity index (χ1n) is 12.2. The van der Waals surface area contributed by atoms with E-state index in [1.54, 1.807) is 28.9 Å². The van der Waals surface area contributed by atoms with Crippen LogP contribution in [0.15, 0.2) is 48.5 Å². The number of hydrogen-bond acceptors (Lipinski definition) is 5. The highest BCUT2D eigenvalue weighted by Gasteiger charge is 2.34. The average Bonchev–Trinajstić information content (AvgIpc) is 3.30. The van der Waals surface area contributed by atoms with E-state index in [-0.39, 0.29) is 30.5 Å². The number of ether oxygens (including phenoxy) is 1. The van der Waals surface area contributed by atoms with E-state index in [9.17, 15) is 14.0 Å². The minimum absolute atomic E-state index is 0.152. The molecule has 3 aromatic rings. The third-order valence-electron chi connectivity index (χ3n) is 6.54. The van der Waals surface area contributed by atoms with Crippen molar-refractivity contribution >= 4 is 35.3 Å². The molecule has 2 amide bonds. The highest BCUT2D eigenvalue weighted by Crippen LogP contribution is 2.34. The van der Waals surface area contributed by atoms with Gasteiger partial charge in [-0.2, -0.15) is 5.10 Å². The van der Waals surface area contributed by atoms with Gasteiger partial charge in [0.15, 0.2) is 5.69 Å². The van der Waals surface area contributed by atoms with E-state index in [0.29, 0.717) is 22.0 Å². The largest absolute Gasteiger partial charge is 0.453 e. The molecule has 10 heteroatoms. The number of aromatic nitrogens is 2. The minimum Gasteiger partial charge on any atom is -0.453 e. The second-order valence-corrected chi connectivity index (χ2v) is 9.54. The third-order valence-corrected chi connectivity index (χ3v) is 6.80. The Morgan fingerprint density at radius 3 is 2.41 bits per heavy atom. The number of methoxy groups -OCH3 is 1. The lowest BCUT2D eigenvalue weighted by molar-refractivity contribution is 0.0741. The molecule has 1 N–H and O–H groups in total. The smallest absolute Gasteiger partial charge is 0.410 e. The Morgan fingerprint density at radius 2 is 1.73 bits per heavy atom. The highest BCUT2D eigenvalue weighted by atomic mass is 35.5. The van der Waals surface area contributed by atoms with Gasteiger partial charge in [-0.3, -0.25) is 15.1 Å². The van der Waals surface area contributed by atoms with Crippen LogP contribution in [0.2, 0.25) is 5.02 Å². The van der Waals surface area contributed by atoms with Crippen molar-refractivity contribution in [3.05, 3.63) is 81.9 Å². The van der Waals surface area contributed by atoms with Crippen molar-refractivity contribution in [1.82, 2.24) is 25.1 Å². The first kappa shape index (κ1) is 25.0. The molecule has 37 heavy (non-hydrogen) atoms. The van der Waals surface area contributed by atoms with Crippen LogP contribution in [0.25, 0.3) is 17.3 Å². The number of fused-ring (bicyclic) bond motifs is 1. The molecule has 0 unspecified atom stereocenters. The summed E-state index contributed by atoms with van der Waals surface area (Å²) in [6.07, 6.45) is 4.51. The van der Waals surface area contributed by atoms with Crippen molar-refractivity contribution in [3.63, 3.8) is 0 Å². The Kier molecular flexibility index (Phi) is 7.25. The number of hydrazine groups is 1. The van der Waals surface area contributed by atoms with Gasteiger partial charge in [-0.25, -0.2) is 18.9 Å². The maximum Gasteiger partial charge on any atom is 0.410 e. The van der Waals surface area contributed by atoms with Gasteiger partial charge in [-0.05, 0) is 66.5 Å². The molecule has 0 aliphatic carbocycles. The SMILES string of the molecule is COC(=O)N1C/C(=C\c2ccc(F)cc2)c2c(c(C(=O)NN3CCCCC3)nn2-c2ccc(Cl)cc2)C1. The monoisotopic (exact) mass is 523 g/mol. The van der Waals surface area contributed by atoms with Crippen molar-refractivity contribution in [1.29, 1.82) is 0 Å². The van der Waals surface area contributed by atoms with E-state index in [1.165, 1.54) is 24.1 Å². The molecule has 1 fully saturated rings. The van der Waals surface area contributed by atoms with Gasteiger partial charge >= 0.3 is 6.09 Å². The first-order chi connectivity index (χ1) is 17.9. The minimum atomic E-state index is -0.516. The standard InChI is InChI=1S/C27H27ClFN5O3/c1-37-27(36)32-16-19(15-18-5-9-21(29)10-6-18)25-23(17-32)24(26(35)31-33-13-3-2-4-14-33)30-34(25)22-11-7-20(28)8-12-22/h5-12,15H,2-4,13-14,16-17H2,1H3,(H,31,35)/b19-15+. The van der Waals surface area contributed by atoms with Crippen LogP contribution in [0.1, 0.15) is 46.6 Å². The number of carbonyl (C=O) groups is 2. The quantitative estimate of drug-likeness (QED) is 0.525. The molecule has 0 saturated carbocycles. The Hall–Kier alpha value is -3.69. The number of carbonyl (C=O) groups excluding carboxylic acids is 2. The fourth-order valence-electron chi connectivity index (χ4n) is 4.74. The Balaban J connectivity index is 1.65. The first-order valence-corrected chi connectivity index (χ1v) is 12.5. The van der Waals surface area contributed by atoms with Gasteiger partial charge in [-0.1, -0.05) is 30.2 Å². The van der Waals surface area contributed by atoms with E-state index in [4.69, 9.17) is 21.4 Å². The molecular formula is C27H27ClFN5O3. The summed E-state index contributed by atoms with van der Waals surface area (Å²) in [4.78, 5) is 27.6. The Labute approximate surface area is 219 Å². The second kappa shape index (κ2) is 10.7. The van der Waals surface area contributed by atoms with Crippen LogP contribution < -0.4 is 5.43 Å². The van der Waals surface area contributed by atoms with Crippen molar-refractivity contribution in [2.24, 2.45) is 0 Å².